The Labute approximate surface area is 224 Å². The monoisotopic (exact) mass is 515 g/mol. The fourth-order valence-corrected chi connectivity index (χ4v) is 8.27. The molecule has 0 radical (unpaired) electrons. The zero-order valence-corrected chi connectivity index (χ0v) is 22.3. The van der Waals surface area contributed by atoms with Crippen LogP contribution in [0.3, 0.4) is 0 Å². The minimum Gasteiger partial charge on any atom is -0.403 e. The molecule has 4 aromatic carbocycles. The highest BCUT2D eigenvalue weighted by Gasteiger charge is 2.26. The van der Waals surface area contributed by atoms with Crippen LogP contribution in [0.5, 0.6) is 0 Å². The van der Waals surface area contributed by atoms with Gasteiger partial charge in [-0.3, -0.25) is 0 Å². The van der Waals surface area contributed by atoms with Crippen molar-refractivity contribution in [2.24, 2.45) is 0 Å². The first-order chi connectivity index (χ1) is 18.8. The van der Waals surface area contributed by atoms with E-state index >= 15 is 0 Å². The quantitative estimate of drug-likeness (QED) is 0.218. The van der Waals surface area contributed by atoms with Crippen LogP contribution in [0.2, 0.25) is 0 Å². The van der Waals surface area contributed by atoms with E-state index in [4.69, 9.17) is 8.39 Å². The highest BCUT2D eigenvalue weighted by atomic mass is 31.1. The Morgan fingerprint density at radius 2 is 1.00 bits per heavy atom. The van der Waals surface area contributed by atoms with Gasteiger partial charge in [0.15, 0.2) is 0 Å². The lowest BCUT2D eigenvalue weighted by Gasteiger charge is -2.23. The van der Waals surface area contributed by atoms with Crippen molar-refractivity contribution < 1.29 is 8.39 Å². The number of benzene rings is 4. The highest BCUT2D eigenvalue weighted by molar-refractivity contribution is 7.40. The molecule has 0 bridgehead atoms. The van der Waals surface area contributed by atoms with Crippen LogP contribution in [-0.2, 0) is 25.7 Å². The summed E-state index contributed by atoms with van der Waals surface area (Å²) in [6.45, 7) is 0. The van der Waals surface area contributed by atoms with Crippen LogP contribution in [0.1, 0.15) is 59.1 Å². The minimum absolute atomic E-state index is 0.974. The summed E-state index contributed by atoms with van der Waals surface area (Å²) >= 11 is 0. The molecule has 0 spiro atoms. The van der Waals surface area contributed by atoms with E-state index in [1.54, 1.807) is 0 Å². The molecular formula is C34H30NO2P. The van der Waals surface area contributed by atoms with Gasteiger partial charge in [-0.25, -0.2) is 4.67 Å². The summed E-state index contributed by atoms with van der Waals surface area (Å²) in [7, 11) is -1.51. The molecule has 1 aromatic heterocycles. The highest BCUT2D eigenvalue weighted by Crippen LogP contribution is 2.50. The Morgan fingerprint density at radius 1 is 0.526 bits per heavy atom. The van der Waals surface area contributed by atoms with Crippen LogP contribution in [0.4, 0.5) is 11.4 Å². The molecule has 0 saturated carbocycles. The summed E-state index contributed by atoms with van der Waals surface area (Å²) in [4.78, 5) is 0. The fraction of sp³-hybridized carbons (Fsp3) is 0.235. The lowest BCUT2D eigenvalue weighted by Crippen LogP contribution is -2.07. The maximum atomic E-state index is 7.05. The predicted octanol–water partition coefficient (Wildman–Crippen LogP) is 10.1. The zero-order valence-electron chi connectivity index (χ0n) is 21.5. The largest absolute Gasteiger partial charge is 0.403 e. The maximum absolute atomic E-state index is 7.05. The van der Waals surface area contributed by atoms with Gasteiger partial charge in [0.05, 0.1) is 11.4 Å². The van der Waals surface area contributed by atoms with Crippen molar-refractivity contribution in [3.63, 3.8) is 0 Å². The minimum atomic E-state index is -1.51. The number of aryl methyl sites for hydroxylation is 4. The van der Waals surface area contributed by atoms with Crippen LogP contribution in [-0.4, -0.2) is 0 Å². The molecule has 0 unspecified atom stereocenters. The molecule has 2 aliphatic carbocycles. The second kappa shape index (κ2) is 8.96. The summed E-state index contributed by atoms with van der Waals surface area (Å²) < 4.78 is 16.4. The lowest BCUT2D eigenvalue weighted by atomic mass is 9.84. The van der Waals surface area contributed by atoms with Gasteiger partial charge in [0.1, 0.15) is 11.2 Å². The van der Waals surface area contributed by atoms with Crippen LogP contribution in [0, 0.1) is 0 Å². The predicted molar refractivity (Wildman–Crippen MR) is 159 cm³/mol. The van der Waals surface area contributed by atoms with E-state index in [0.29, 0.717) is 0 Å². The normalized spacial score (nSPS) is 15.9. The molecule has 1 aliphatic heterocycles. The van der Waals surface area contributed by atoms with E-state index in [2.05, 4.69) is 89.6 Å². The standard InChI is InChI=1S/C34H30NO2P/c1-5-13-27-23(9-1)19-21-31-33(27)34-28-14-6-2-10-24(28)20-22-32(34)37-38(36-31)35-29-15-7-3-11-25(29)17-18-26-12-4-8-16-30(26)35/h3-4,7-8,11-12,15-22H,1-2,5-6,9-10,13-14H2. The first-order valence-corrected chi connectivity index (χ1v) is 15.1. The van der Waals surface area contributed by atoms with Gasteiger partial charge in [-0.2, -0.15) is 0 Å². The molecule has 2 heterocycles. The summed E-state index contributed by atoms with van der Waals surface area (Å²) in [6.07, 6.45) is 14.0. The average Bonchev–Trinajstić information content (AvgIpc) is 3.25. The van der Waals surface area contributed by atoms with E-state index in [9.17, 15) is 0 Å². The third-order valence-electron chi connectivity index (χ3n) is 8.53. The van der Waals surface area contributed by atoms with Gasteiger partial charge in [0.2, 0.25) is 0 Å². The first-order valence-electron chi connectivity index (χ1n) is 14.0. The van der Waals surface area contributed by atoms with E-state index in [1.807, 2.05) is 0 Å². The smallest absolute Gasteiger partial charge is 0.346 e. The van der Waals surface area contributed by atoms with Crippen molar-refractivity contribution in [3.05, 3.63) is 106 Å². The topological polar surface area (TPSA) is 29.5 Å². The van der Waals surface area contributed by atoms with Gasteiger partial charge in [-0.05, 0) is 109 Å². The van der Waals surface area contributed by atoms with Gasteiger partial charge in [-0.1, -0.05) is 60.7 Å². The van der Waals surface area contributed by atoms with E-state index in [-0.39, 0.29) is 0 Å². The van der Waals surface area contributed by atoms with Gasteiger partial charge in [0.25, 0.3) is 0 Å². The third kappa shape index (κ3) is 3.49. The number of para-hydroxylation sites is 2. The second-order valence-electron chi connectivity index (χ2n) is 10.8. The average molecular weight is 516 g/mol. The van der Waals surface area contributed by atoms with Crippen molar-refractivity contribution in [1.29, 1.82) is 0 Å². The van der Waals surface area contributed by atoms with Crippen molar-refractivity contribution in [1.82, 2.24) is 0 Å². The second-order valence-corrected chi connectivity index (χ2v) is 12.0. The first kappa shape index (κ1) is 22.3. The fourth-order valence-electron chi connectivity index (χ4n) is 6.71. The summed E-state index contributed by atoms with van der Waals surface area (Å²) in [6, 6.07) is 26.2. The van der Waals surface area contributed by atoms with E-state index in [0.717, 1.165) is 48.2 Å². The Kier molecular flexibility index (Phi) is 5.26. The Hall–Kier alpha value is -3.68. The van der Waals surface area contributed by atoms with Gasteiger partial charge >= 0.3 is 8.16 Å². The van der Waals surface area contributed by atoms with Gasteiger partial charge in [0, 0.05) is 10.8 Å². The van der Waals surface area contributed by atoms with Crippen LogP contribution >= 0.6 is 8.16 Å². The molecule has 4 heteroatoms. The molecule has 0 fully saturated rings. The number of hydrogen-bond acceptors (Lipinski definition) is 3. The van der Waals surface area contributed by atoms with E-state index < -0.39 is 8.16 Å². The molecule has 0 atom stereocenters. The summed E-state index contributed by atoms with van der Waals surface area (Å²) in [5.74, 6) is 0. The summed E-state index contributed by atoms with van der Waals surface area (Å²) in [5, 5.41) is 2.60. The van der Waals surface area contributed by atoms with Gasteiger partial charge in [-0.15, -0.1) is 0 Å². The SMILES string of the molecule is C1=Cc2ccccc2N(p2oc3ccc4c(c3c3c5c(ccc3o2)CCCC5)CCCC4)c2ccccc21. The number of hydrogen-bond donors (Lipinski definition) is 0. The Morgan fingerprint density at radius 3 is 1.53 bits per heavy atom. The molecule has 0 N–H and O–H groups in total. The van der Waals surface area contributed by atoms with Crippen molar-refractivity contribution in [2.45, 2.75) is 51.4 Å². The molecule has 3 aliphatic rings. The molecule has 3 nitrogen and oxygen atoms in total. The molecule has 188 valence electrons. The van der Waals surface area contributed by atoms with Crippen LogP contribution in [0.15, 0.2) is 81.2 Å². The zero-order chi connectivity index (χ0) is 25.1. The summed E-state index contributed by atoms with van der Waals surface area (Å²) in [5.41, 5.74) is 12.4. The molecule has 8 rings (SSSR count). The van der Waals surface area contributed by atoms with E-state index in [1.165, 1.54) is 69.8 Å². The molecule has 0 saturated heterocycles. The maximum Gasteiger partial charge on any atom is 0.346 e. The molecular weight excluding hydrogens is 485 g/mol. The van der Waals surface area contributed by atoms with Crippen molar-refractivity contribution in [2.75, 3.05) is 4.67 Å². The molecule has 38 heavy (non-hydrogen) atoms. The van der Waals surface area contributed by atoms with Gasteiger partial charge < -0.3 is 8.39 Å². The van der Waals surface area contributed by atoms with Crippen molar-refractivity contribution >= 4 is 53.6 Å². The number of rotatable bonds is 1. The lowest BCUT2D eigenvalue weighted by molar-refractivity contribution is 0.637. The molecule has 0 amide bonds. The van der Waals surface area contributed by atoms with Crippen LogP contribution in [0.25, 0.3) is 34.1 Å². The number of anilines is 2. The Balaban J connectivity index is 1.51. The Bertz CT molecular complexity index is 1670. The third-order valence-corrected chi connectivity index (χ3v) is 9.99. The van der Waals surface area contributed by atoms with Crippen molar-refractivity contribution in [3.8, 4) is 0 Å². The molecule has 5 aromatic rings. The number of fused-ring (bicyclic) bond motifs is 9. The number of nitrogens with zero attached hydrogens (tertiary/aromatic N) is 1. The van der Waals surface area contributed by atoms with Crippen LogP contribution < -0.4 is 4.67 Å².